The Labute approximate surface area is 94.0 Å². The van der Waals surface area contributed by atoms with Gasteiger partial charge >= 0.3 is 12.0 Å². The van der Waals surface area contributed by atoms with Crippen molar-refractivity contribution < 1.29 is 14.7 Å². The smallest absolute Gasteiger partial charge is 0.320 e. The molecule has 2 bridgehead atoms. The second-order valence-corrected chi connectivity index (χ2v) is 5.21. The number of hydrogen-bond donors (Lipinski definition) is 1. The second-order valence-electron chi connectivity index (χ2n) is 5.21. The summed E-state index contributed by atoms with van der Waals surface area (Å²) in [7, 11) is 0. The monoisotopic (exact) mass is 224 g/mol. The first-order chi connectivity index (χ1) is 7.65. The lowest BCUT2D eigenvalue weighted by atomic mass is 10.0. The highest BCUT2D eigenvalue weighted by molar-refractivity contribution is 5.80. The minimum absolute atomic E-state index is 0.0599. The van der Waals surface area contributed by atoms with Crippen molar-refractivity contribution in [1.29, 1.82) is 0 Å². The lowest BCUT2D eigenvalue weighted by molar-refractivity contribution is -0.146. The van der Waals surface area contributed by atoms with Crippen LogP contribution in [0.15, 0.2) is 0 Å². The van der Waals surface area contributed by atoms with E-state index in [1.807, 2.05) is 4.90 Å². The molecule has 5 nitrogen and oxygen atoms in total. The predicted octanol–water partition coefficient (Wildman–Crippen LogP) is 0.607. The quantitative estimate of drug-likeness (QED) is 0.709. The summed E-state index contributed by atoms with van der Waals surface area (Å²) >= 11 is 0. The van der Waals surface area contributed by atoms with Crippen LogP contribution < -0.4 is 0 Å². The molecule has 0 radical (unpaired) electrons. The summed E-state index contributed by atoms with van der Waals surface area (Å²) in [5.41, 5.74) is 0. The maximum absolute atomic E-state index is 12.0. The largest absolute Gasteiger partial charge is 0.481 e. The fourth-order valence-electron chi connectivity index (χ4n) is 3.13. The van der Waals surface area contributed by atoms with Crippen molar-refractivity contribution in [3.63, 3.8) is 0 Å². The summed E-state index contributed by atoms with van der Waals surface area (Å²) in [5, 5.41) is 8.75. The van der Waals surface area contributed by atoms with Crippen LogP contribution in [-0.2, 0) is 4.79 Å². The summed E-state index contributed by atoms with van der Waals surface area (Å²) in [6.45, 7) is 1.67. The van der Waals surface area contributed by atoms with Crippen LogP contribution in [0.25, 0.3) is 0 Å². The summed E-state index contributed by atoms with van der Waals surface area (Å²) in [5.74, 6) is -0.429. The summed E-state index contributed by atoms with van der Waals surface area (Å²) in [6.07, 6.45) is 3.54. The van der Waals surface area contributed by atoms with Crippen LogP contribution in [0.1, 0.15) is 19.3 Å². The molecule has 88 valence electrons. The van der Waals surface area contributed by atoms with Crippen molar-refractivity contribution in [3.8, 4) is 0 Å². The molecule has 2 heterocycles. The molecule has 3 aliphatic rings. The maximum Gasteiger partial charge on any atom is 0.320 e. The molecule has 5 heteroatoms. The zero-order valence-electron chi connectivity index (χ0n) is 9.13. The molecule has 0 aromatic rings. The molecule has 0 aromatic carbocycles. The number of fused-ring (bicyclic) bond motifs is 2. The molecule has 2 unspecified atom stereocenters. The van der Waals surface area contributed by atoms with Crippen LogP contribution in [0, 0.1) is 11.8 Å². The van der Waals surface area contributed by atoms with Crippen LogP contribution in [0.4, 0.5) is 4.79 Å². The van der Waals surface area contributed by atoms with E-state index >= 15 is 0 Å². The molecule has 16 heavy (non-hydrogen) atoms. The number of carbonyl (C=O) groups is 2. The first-order valence-electron chi connectivity index (χ1n) is 5.93. The number of aliphatic carboxylic acids is 1. The van der Waals surface area contributed by atoms with Crippen LogP contribution in [0.2, 0.25) is 0 Å². The van der Waals surface area contributed by atoms with Crippen LogP contribution >= 0.6 is 0 Å². The number of carbonyl (C=O) groups excluding carboxylic acids is 1. The molecule has 2 atom stereocenters. The van der Waals surface area contributed by atoms with Gasteiger partial charge in [-0.25, -0.2) is 4.79 Å². The number of nitrogens with zero attached hydrogens (tertiary/aromatic N) is 2. The van der Waals surface area contributed by atoms with E-state index in [4.69, 9.17) is 5.11 Å². The van der Waals surface area contributed by atoms with Gasteiger partial charge in [0.2, 0.25) is 0 Å². The van der Waals surface area contributed by atoms with Crippen molar-refractivity contribution in [2.75, 3.05) is 19.6 Å². The Balaban J connectivity index is 1.57. The Morgan fingerprint density at radius 1 is 1.12 bits per heavy atom. The van der Waals surface area contributed by atoms with E-state index in [-0.39, 0.29) is 11.9 Å². The van der Waals surface area contributed by atoms with Crippen molar-refractivity contribution >= 4 is 12.0 Å². The van der Waals surface area contributed by atoms with Crippen molar-refractivity contribution in [3.05, 3.63) is 0 Å². The van der Waals surface area contributed by atoms with Gasteiger partial charge in [0, 0.05) is 25.7 Å². The Morgan fingerprint density at radius 3 is 2.38 bits per heavy atom. The van der Waals surface area contributed by atoms with Crippen molar-refractivity contribution in [2.24, 2.45) is 11.8 Å². The fraction of sp³-hybridized carbons (Fsp3) is 0.818. The molecule has 2 saturated heterocycles. The Kier molecular flexibility index (Phi) is 2.09. The average molecular weight is 224 g/mol. The Hall–Kier alpha value is -1.26. The van der Waals surface area contributed by atoms with Gasteiger partial charge in [0.15, 0.2) is 0 Å². The van der Waals surface area contributed by atoms with Crippen LogP contribution in [0.3, 0.4) is 0 Å². The Bertz CT molecular complexity index is 338. The van der Waals surface area contributed by atoms with E-state index < -0.39 is 5.97 Å². The van der Waals surface area contributed by atoms with Gasteiger partial charge in [-0.15, -0.1) is 0 Å². The summed E-state index contributed by atoms with van der Waals surface area (Å²) in [4.78, 5) is 26.3. The highest BCUT2D eigenvalue weighted by atomic mass is 16.4. The normalized spacial score (nSPS) is 33.0. The number of carboxylic acid groups (broad SMARTS) is 1. The summed E-state index contributed by atoms with van der Waals surface area (Å²) in [6, 6.07) is 0.492. The highest BCUT2D eigenvalue weighted by Gasteiger charge is 2.45. The van der Waals surface area contributed by atoms with Crippen molar-refractivity contribution in [2.45, 2.75) is 25.3 Å². The molecular weight excluding hydrogens is 208 g/mol. The molecule has 1 N–H and O–H groups in total. The minimum atomic E-state index is -0.785. The topological polar surface area (TPSA) is 60.9 Å². The molecule has 3 rings (SSSR count). The van der Waals surface area contributed by atoms with Crippen molar-refractivity contribution in [1.82, 2.24) is 9.80 Å². The molecule has 0 aromatic heterocycles. The third-order valence-electron chi connectivity index (χ3n) is 4.16. The zero-order valence-corrected chi connectivity index (χ0v) is 9.13. The maximum atomic E-state index is 12.0. The van der Waals surface area contributed by atoms with E-state index in [2.05, 4.69) is 0 Å². The van der Waals surface area contributed by atoms with E-state index in [9.17, 15) is 9.59 Å². The first kappa shape index (κ1) is 9.93. The molecule has 0 spiro atoms. The number of rotatable bonds is 1. The van der Waals surface area contributed by atoms with Gasteiger partial charge in [0.1, 0.15) is 0 Å². The van der Waals surface area contributed by atoms with E-state index in [0.29, 0.717) is 25.0 Å². The van der Waals surface area contributed by atoms with E-state index in [0.717, 1.165) is 19.4 Å². The highest BCUT2D eigenvalue weighted by Crippen LogP contribution is 2.38. The molecule has 1 aliphatic carbocycles. The van der Waals surface area contributed by atoms with E-state index in [1.165, 1.54) is 6.42 Å². The number of piperidine rings is 1. The van der Waals surface area contributed by atoms with Gasteiger partial charge in [0.25, 0.3) is 0 Å². The third-order valence-corrected chi connectivity index (χ3v) is 4.16. The Morgan fingerprint density at radius 2 is 1.88 bits per heavy atom. The van der Waals surface area contributed by atoms with Gasteiger partial charge in [-0.1, -0.05) is 0 Å². The number of likely N-dealkylation sites (tertiary alicyclic amines) is 2. The number of carboxylic acids is 1. The lowest BCUT2D eigenvalue weighted by Gasteiger charge is -2.41. The fourth-order valence-corrected chi connectivity index (χ4v) is 3.13. The zero-order chi connectivity index (χ0) is 11.3. The lowest BCUT2D eigenvalue weighted by Crippen LogP contribution is -2.58. The van der Waals surface area contributed by atoms with Gasteiger partial charge in [0.05, 0.1) is 5.92 Å². The molecule has 1 saturated carbocycles. The molecular formula is C11H16N2O3. The first-order valence-corrected chi connectivity index (χ1v) is 5.93. The SMILES string of the molecule is O=C(O)C1CN(C(=O)N2CC3CCC2C3)C1. The minimum Gasteiger partial charge on any atom is -0.481 e. The molecule has 2 amide bonds. The van der Waals surface area contributed by atoms with Gasteiger partial charge in [-0.3, -0.25) is 4.79 Å². The van der Waals surface area contributed by atoms with Gasteiger partial charge < -0.3 is 14.9 Å². The second kappa shape index (κ2) is 3.37. The number of urea groups is 1. The number of hydrogen-bond acceptors (Lipinski definition) is 2. The molecule has 3 fully saturated rings. The third kappa shape index (κ3) is 1.37. The van der Waals surface area contributed by atoms with Gasteiger partial charge in [-0.05, 0) is 25.2 Å². The number of amides is 2. The average Bonchev–Trinajstić information content (AvgIpc) is 2.74. The molecule has 2 aliphatic heterocycles. The predicted molar refractivity (Wildman–Crippen MR) is 55.9 cm³/mol. The van der Waals surface area contributed by atoms with Crippen LogP contribution in [0.5, 0.6) is 0 Å². The van der Waals surface area contributed by atoms with E-state index in [1.54, 1.807) is 4.90 Å². The standard InChI is InChI=1S/C11H16N2O3/c14-10(15)8-5-12(6-8)11(16)13-4-7-1-2-9(13)3-7/h7-9H,1-6H2,(H,14,15). The van der Waals surface area contributed by atoms with Crippen LogP contribution in [-0.4, -0.2) is 52.6 Å². The summed E-state index contributed by atoms with van der Waals surface area (Å²) < 4.78 is 0. The van der Waals surface area contributed by atoms with Gasteiger partial charge in [-0.2, -0.15) is 0 Å².